The Bertz CT molecular complexity index is 412. The first kappa shape index (κ1) is 25.2. The van der Waals surface area contributed by atoms with Gasteiger partial charge in [0.25, 0.3) is 5.82 Å². The van der Waals surface area contributed by atoms with Crippen LogP contribution in [0.15, 0.2) is 12.4 Å². The van der Waals surface area contributed by atoms with E-state index in [0.717, 1.165) is 0 Å². The van der Waals surface area contributed by atoms with Crippen LogP contribution in [0.2, 0.25) is 0 Å². The number of unbranched alkanes of at least 4 members (excludes halogenated alkanes) is 14. The molecule has 1 aromatic rings. The van der Waals surface area contributed by atoms with Gasteiger partial charge < -0.3 is 0 Å². The van der Waals surface area contributed by atoms with Crippen molar-refractivity contribution in [3.63, 3.8) is 0 Å². The van der Waals surface area contributed by atoms with E-state index in [1.807, 2.05) is 0 Å². The summed E-state index contributed by atoms with van der Waals surface area (Å²) < 4.78 is 5.09. The Morgan fingerprint density at radius 1 is 0.607 bits per heavy atom. The van der Waals surface area contributed by atoms with Crippen molar-refractivity contribution in [2.24, 2.45) is 0 Å². The van der Waals surface area contributed by atoms with Gasteiger partial charge in [-0.05, 0) is 32.1 Å². The molecule has 2 heteroatoms. The fourth-order valence-electron chi connectivity index (χ4n) is 4.25. The molecule has 0 saturated carbocycles. The highest BCUT2D eigenvalue weighted by molar-refractivity contribution is 4.84. The second-order valence-corrected chi connectivity index (χ2v) is 8.80. The van der Waals surface area contributed by atoms with E-state index in [0.29, 0.717) is 0 Å². The molecule has 0 atom stereocenters. The number of aryl methyl sites for hydroxylation is 2. The lowest BCUT2D eigenvalue weighted by atomic mass is 10.1. The first-order valence-corrected chi connectivity index (χ1v) is 12.9. The molecular weight excluding hydrogens is 340 g/mol. The van der Waals surface area contributed by atoms with E-state index in [1.54, 1.807) is 5.82 Å². The lowest BCUT2D eigenvalue weighted by Crippen LogP contribution is -2.37. The lowest BCUT2D eigenvalue weighted by molar-refractivity contribution is -0.704. The van der Waals surface area contributed by atoms with Gasteiger partial charge in [-0.1, -0.05) is 97.8 Å². The van der Waals surface area contributed by atoms with E-state index in [-0.39, 0.29) is 0 Å². The minimum Gasteiger partial charge on any atom is -0.234 e. The highest BCUT2D eigenvalue weighted by atomic mass is 15.1. The molecule has 0 radical (unpaired) electrons. The Labute approximate surface area is 177 Å². The van der Waals surface area contributed by atoms with Crippen molar-refractivity contribution < 1.29 is 4.57 Å². The third kappa shape index (κ3) is 11.9. The number of aromatic nitrogens is 2. The van der Waals surface area contributed by atoms with Crippen LogP contribution in [0.1, 0.15) is 136 Å². The van der Waals surface area contributed by atoms with E-state index < -0.39 is 0 Å². The summed E-state index contributed by atoms with van der Waals surface area (Å²) in [5.41, 5.74) is 0. The molecule has 0 amide bonds. The van der Waals surface area contributed by atoms with Crippen molar-refractivity contribution in [3.05, 3.63) is 18.2 Å². The fraction of sp³-hybridized carbons (Fsp3) is 0.885. The SMILES string of the molecule is CCCCCCCCCCn1cc[n+](CCCCCCCCCC)c1CCC. The molecule has 1 heterocycles. The van der Waals surface area contributed by atoms with E-state index in [2.05, 4.69) is 42.3 Å². The Morgan fingerprint density at radius 2 is 1.11 bits per heavy atom. The van der Waals surface area contributed by atoms with E-state index in [1.165, 1.54) is 129 Å². The van der Waals surface area contributed by atoms with Crippen molar-refractivity contribution in [1.82, 2.24) is 4.57 Å². The average molecular weight is 392 g/mol. The summed E-state index contributed by atoms with van der Waals surface area (Å²) in [6, 6.07) is 0. The van der Waals surface area contributed by atoms with E-state index in [4.69, 9.17) is 0 Å². The van der Waals surface area contributed by atoms with Gasteiger partial charge in [-0.3, -0.25) is 0 Å². The molecule has 0 unspecified atom stereocenters. The summed E-state index contributed by atoms with van der Waals surface area (Å²) in [7, 11) is 0. The van der Waals surface area contributed by atoms with Crippen molar-refractivity contribution in [2.75, 3.05) is 0 Å². The maximum absolute atomic E-state index is 2.55. The lowest BCUT2D eigenvalue weighted by Gasteiger charge is -2.06. The number of hydrogen-bond donors (Lipinski definition) is 0. The monoisotopic (exact) mass is 391 g/mol. The largest absolute Gasteiger partial charge is 0.256 e. The molecule has 0 bridgehead atoms. The van der Waals surface area contributed by atoms with Crippen LogP contribution in [0.5, 0.6) is 0 Å². The summed E-state index contributed by atoms with van der Waals surface area (Å²) in [5.74, 6) is 1.56. The zero-order valence-corrected chi connectivity index (χ0v) is 19.7. The Balaban J connectivity index is 2.22. The van der Waals surface area contributed by atoms with Crippen LogP contribution in [-0.4, -0.2) is 4.57 Å². The number of hydrogen-bond acceptors (Lipinski definition) is 0. The van der Waals surface area contributed by atoms with Crippen LogP contribution in [0.3, 0.4) is 0 Å². The van der Waals surface area contributed by atoms with Gasteiger partial charge in [-0.2, -0.15) is 0 Å². The molecular formula is C26H51N2+. The quantitative estimate of drug-likeness (QED) is 0.157. The van der Waals surface area contributed by atoms with Gasteiger partial charge in [0.15, 0.2) is 0 Å². The minimum atomic E-state index is 1.22. The maximum Gasteiger partial charge on any atom is 0.256 e. The van der Waals surface area contributed by atoms with Gasteiger partial charge >= 0.3 is 0 Å². The fourth-order valence-corrected chi connectivity index (χ4v) is 4.25. The van der Waals surface area contributed by atoms with E-state index in [9.17, 15) is 0 Å². The number of rotatable bonds is 20. The smallest absolute Gasteiger partial charge is 0.234 e. The number of nitrogens with zero attached hydrogens (tertiary/aromatic N) is 2. The van der Waals surface area contributed by atoms with Gasteiger partial charge in [0.2, 0.25) is 0 Å². The normalized spacial score (nSPS) is 11.4. The van der Waals surface area contributed by atoms with Gasteiger partial charge in [-0.15, -0.1) is 0 Å². The topological polar surface area (TPSA) is 8.81 Å². The number of imidazole rings is 1. The Hall–Kier alpha value is -0.790. The molecule has 0 aliphatic heterocycles. The Morgan fingerprint density at radius 3 is 1.64 bits per heavy atom. The van der Waals surface area contributed by atoms with Crippen LogP contribution >= 0.6 is 0 Å². The molecule has 1 rings (SSSR count). The summed E-state index contributed by atoms with van der Waals surface area (Å²) in [5, 5.41) is 0. The molecule has 0 fully saturated rings. The van der Waals surface area contributed by atoms with E-state index >= 15 is 0 Å². The molecule has 0 aromatic carbocycles. The van der Waals surface area contributed by atoms with Crippen molar-refractivity contribution in [3.8, 4) is 0 Å². The summed E-state index contributed by atoms with van der Waals surface area (Å²) in [6.45, 7) is 9.34. The highest BCUT2D eigenvalue weighted by Gasteiger charge is 2.15. The minimum absolute atomic E-state index is 1.22. The van der Waals surface area contributed by atoms with Crippen LogP contribution in [0, 0.1) is 0 Å². The standard InChI is InChI=1S/C26H51N2/c1-4-7-9-11-13-15-17-19-22-27-24-25-28(26(27)21-6-3)23-20-18-16-14-12-10-8-5-2/h24-25H,4-23H2,1-3H3/q+1. The highest BCUT2D eigenvalue weighted by Crippen LogP contribution is 2.11. The molecule has 0 aliphatic carbocycles. The van der Waals surface area contributed by atoms with Crippen molar-refractivity contribution in [1.29, 1.82) is 0 Å². The molecule has 0 N–H and O–H groups in total. The third-order valence-corrected chi connectivity index (χ3v) is 6.07. The zero-order valence-electron chi connectivity index (χ0n) is 19.7. The van der Waals surface area contributed by atoms with Crippen LogP contribution in [0.4, 0.5) is 0 Å². The van der Waals surface area contributed by atoms with Gasteiger partial charge in [0.05, 0.1) is 13.1 Å². The van der Waals surface area contributed by atoms with Gasteiger partial charge in [0, 0.05) is 6.42 Å². The second kappa shape index (κ2) is 18.3. The summed E-state index contributed by atoms with van der Waals surface area (Å²) in [4.78, 5) is 0. The molecule has 0 spiro atoms. The maximum atomic E-state index is 2.55. The zero-order chi connectivity index (χ0) is 20.3. The molecule has 164 valence electrons. The third-order valence-electron chi connectivity index (χ3n) is 6.07. The molecule has 1 aromatic heterocycles. The van der Waals surface area contributed by atoms with Crippen molar-refractivity contribution in [2.45, 2.75) is 149 Å². The Kier molecular flexibility index (Phi) is 16.5. The van der Waals surface area contributed by atoms with Crippen LogP contribution in [0.25, 0.3) is 0 Å². The van der Waals surface area contributed by atoms with Crippen molar-refractivity contribution >= 4 is 0 Å². The summed E-state index contributed by atoms with van der Waals surface area (Å²) >= 11 is 0. The molecule has 0 aliphatic rings. The van der Waals surface area contributed by atoms with Gasteiger partial charge in [-0.25, -0.2) is 9.13 Å². The van der Waals surface area contributed by atoms with Crippen LogP contribution < -0.4 is 4.57 Å². The first-order chi connectivity index (χ1) is 13.8. The predicted octanol–water partition coefficient (Wildman–Crippen LogP) is 8.01. The van der Waals surface area contributed by atoms with Crippen LogP contribution in [-0.2, 0) is 19.5 Å². The predicted molar refractivity (Wildman–Crippen MR) is 124 cm³/mol. The average Bonchev–Trinajstić information content (AvgIpc) is 3.08. The van der Waals surface area contributed by atoms with Gasteiger partial charge in [0.1, 0.15) is 12.4 Å². The molecule has 28 heavy (non-hydrogen) atoms. The second-order valence-electron chi connectivity index (χ2n) is 8.80. The first-order valence-electron chi connectivity index (χ1n) is 12.9. The summed E-state index contributed by atoms with van der Waals surface area (Å²) in [6.07, 6.45) is 29.7. The molecule has 2 nitrogen and oxygen atoms in total. The molecule has 0 saturated heterocycles.